The molecule has 0 saturated heterocycles. The van der Waals surface area contributed by atoms with E-state index in [9.17, 15) is 14.4 Å². The zero-order chi connectivity index (χ0) is 59.9. The molecule has 464 valence electrons. The van der Waals surface area contributed by atoms with Crippen LogP contribution >= 0.6 is 0 Å². The summed E-state index contributed by atoms with van der Waals surface area (Å²) in [5, 5.41) is 0. The zero-order valence-corrected chi connectivity index (χ0v) is 53.1. The van der Waals surface area contributed by atoms with Gasteiger partial charge in [0, 0.05) is 19.3 Å². The first-order valence-electron chi connectivity index (χ1n) is 33.3. The molecule has 1 unspecified atom stereocenters. The number of rotatable bonds is 58. The van der Waals surface area contributed by atoms with Crippen LogP contribution in [-0.4, -0.2) is 37.2 Å². The Morgan fingerprint density at radius 3 is 0.675 bits per heavy atom. The maximum Gasteiger partial charge on any atom is 0.306 e. The summed E-state index contributed by atoms with van der Waals surface area (Å²) in [6.07, 6.45) is 103. The Bertz CT molecular complexity index is 1940. The Morgan fingerprint density at radius 2 is 0.434 bits per heavy atom. The Balaban J connectivity index is 4.47. The third-order valence-corrected chi connectivity index (χ3v) is 13.4. The molecule has 0 rings (SSSR count). The predicted molar refractivity (Wildman–Crippen MR) is 361 cm³/mol. The SMILES string of the molecule is CC/C=C\C/C=C\C/C=C\C/C=C\C/C=C\C/C=C\C/C=C\C/C=C\CCCCCCC(=O)OCC(COC(=O)CCCCCCC/C=C\C/C=C\C/C=C\CC)OC(=O)CCCCCCCCCC/C=C\C/C=C\C/C=C\C/C=C\CC. The molecule has 1 atom stereocenters. The van der Waals surface area contributed by atoms with Gasteiger partial charge in [0.05, 0.1) is 0 Å². The molecule has 0 aromatic carbocycles. The van der Waals surface area contributed by atoms with Gasteiger partial charge in [-0.3, -0.25) is 14.4 Å². The number of hydrogen-bond acceptors (Lipinski definition) is 6. The quantitative estimate of drug-likeness (QED) is 0.0261. The molecule has 0 bridgehead atoms. The molecular weight excluding hydrogens is 1020 g/mol. The molecule has 0 amide bonds. The van der Waals surface area contributed by atoms with Crippen molar-refractivity contribution in [3.05, 3.63) is 182 Å². The van der Waals surface area contributed by atoms with Gasteiger partial charge in [0.1, 0.15) is 13.2 Å². The third-order valence-electron chi connectivity index (χ3n) is 13.4. The summed E-state index contributed by atoms with van der Waals surface area (Å²) in [5.41, 5.74) is 0. The first-order valence-corrected chi connectivity index (χ1v) is 33.3. The predicted octanol–water partition coefficient (Wildman–Crippen LogP) is 23.2. The highest BCUT2D eigenvalue weighted by atomic mass is 16.6. The summed E-state index contributed by atoms with van der Waals surface area (Å²) in [4.78, 5) is 38.4. The highest BCUT2D eigenvalue weighted by Gasteiger charge is 2.19. The van der Waals surface area contributed by atoms with Crippen LogP contribution in [-0.2, 0) is 28.6 Å². The average molecular weight is 1140 g/mol. The van der Waals surface area contributed by atoms with Crippen LogP contribution in [0.5, 0.6) is 0 Å². The lowest BCUT2D eigenvalue weighted by molar-refractivity contribution is -0.167. The molecule has 0 N–H and O–H groups in total. The molecular formula is C77H120O6. The molecule has 0 aliphatic heterocycles. The summed E-state index contributed by atoms with van der Waals surface area (Å²) in [7, 11) is 0. The molecule has 0 fully saturated rings. The van der Waals surface area contributed by atoms with Crippen molar-refractivity contribution in [2.24, 2.45) is 0 Å². The van der Waals surface area contributed by atoms with Crippen LogP contribution in [0.1, 0.15) is 265 Å². The van der Waals surface area contributed by atoms with Crippen molar-refractivity contribution in [1.82, 2.24) is 0 Å². The normalized spacial score (nSPS) is 13.3. The smallest absolute Gasteiger partial charge is 0.306 e. The Hall–Kier alpha value is -5.49. The Morgan fingerprint density at radius 1 is 0.241 bits per heavy atom. The monoisotopic (exact) mass is 1140 g/mol. The molecule has 6 heteroatoms. The van der Waals surface area contributed by atoms with E-state index < -0.39 is 6.10 Å². The number of carbonyl (C=O) groups is 3. The topological polar surface area (TPSA) is 78.9 Å². The molecule has 0 spiro atoms. The van der Waals surface area contributed by atoms with Gasteiger partial charge in [-0.1, -0.05) is 274 Å². The van der Waals surface area contributed by atoms with Gasteiger partial charge in [-0.15, -0.1) is 0 Å². The lowest BCUT2D eigenvalue weighted by atomic mass is 10.1. The van der Waals surface area contributed by atoms with Crippen molar-refractivity contribution < 1.29 is 28.6 Å². The second-order valence-corrected chi connectivity index (χ2v) is 21.2. The fourth-order valence-electron chi connectivity index (χ4n) is 8.52. The van der Waals surface area contributed by atoms with E-state index in [4.69, 9.17) is 14.2 Å². The van der Waals surface area contributed by atoms with Crippen molar-refractivity contribution in [2.45, 2.75) is 271 Å². The third kappa shape index (κ3) is 67.2. The molecule has 0 aliphatic carbocycles. The van der Waals surface area contributed by atoms with Gasteiger partial charge in [0.25, 0.3) is 0 Å². The molecule has 0 aromatic rings. The highest BCUT2D eigenvalue weighted by Crippen LogP contribution is 2.14. The zero-order valence-electron chi connectivity index (χ0n) is 53.1. The standard InChI is InChI=1S/C77H120O6/c1-4-7-10-13-16-19-22-25-28-30-32-34-35-36-37-38-39-40-41-43-44-46-49-52-55-58-61-64-67-70-76(79)82-73-74(72-81-75(78)69-66-63-60-57-54-51-48-27-24-21-18-15-12-9-6-3)83-77(80)71-68-65-62-59-56-53-50-47-45-42-33-31-29-26-23-20-17-14-11-8-5-2/h7-12,16-21,25-29,32-34,36-37,39-40,42-44,48-49,52,74H,4-6,13-15,22-24,30-31,35,38,41,45-47,50-51,53-73H2,1-3H3/b10-7-,11-8-,12-9-,19-16-,20-17-,21-18-,28-25-,29-26-,34-32-,37-36-,40-39-,42-33-,44-43-,48-27-,52-49-. The van der Waals surface area contributed by atoms with E-state index in [2.05, 4.69) is 203 Å². The molecule has 83 heavy (non-hydrogen) atoms. The molecule has 0 aromatic heterocycles. The number of allylic oxidation sites excluding steroid dienone is 30. The van der Waals surface area contributed by atoms with Crippen molar-refractivity contribution in [2.75, 3.05) is 13.2 Å². The van der Waals surface area contributed by atoms with Gasteiger partial charge in [-0.25, -0.2) is 0 Å². The molecule has 0 saturated carbocycles. The van der Waals surface area contributed by atoms with E-state index in [1.54, 1.807) is 0 Å². The average Bonchev–Trinajstić information content (AvgIpc) is 3.49. The second-order valence-electron chi connectivity index (χ2n) is 21.2. The molecule has 0 heterocycles. The number of ether oxygens (including phenoxy) is 3. The van der Waals surface area contributed by atoms with Gasteiger partial charge in [-0.05, 0) is 154 Å². The number of esters is 3. The lowest BCUT2D eigenvalue weighted by Gasteiger charge is -2.18. The second kappa shape index (κ2) is 69.0. The van der Waals surface area contributed by atoms with Gasteiger partial charge in [0.2, 0.25) is 0 Å². The summed E-state index contributed by atoms with van der Waals surface area (Å²) in [6, 6.07) is 0. The molecule has 0 radical (unpaired) electrons. The first kappa shape index (κ1) is 77.5. The van der Waals surface area contributed by atoms with Crippen molar-refractivity contribution in [1.29, 1.82) is 0 Å². The maximum absolute atomic E-state index is 12.9. The largest absolute Gasteiger partial charge is 0.462 e. The van der Waals surface area contributed by atoms with Gasteiger partial charge < -0.3 is 14.2 Å². The summed E-state index contributed by atoms with van der Waals surface area (Å²) >= 11 is 0. The van der Waals surface area contributed by atoms with Crippen LogP contribution in [0.25, 0.3) is 0 Å². The number of hydrogen-bond donors (Lipinski definition) is 0. The summed E-state index contributed by atoms with van der Waals surface area (Å²) in [6.45, 7) is 6.25. The summed E-state index contributed by atoms with van der Waals surface area (Å²) in [5.74, 6) is -0.961. The minimum atomic E-state index is -0.813. The Labute approximate surface area is 510 Å². The van der Waals surface area contributed by atoms with E-state index in [1.165, 1.54) is 32.1 Å². The van der Waals surface area contributed by atoms with Crippen LogP contribution in [0, 0.1) is 0 Å². The molecule has 0 aliphatic rings. The van der Waals surface area contributed by atoms with E-state index >= 15 is 0 Å². The minimum Gasteiger partial charge on any atom is -0.462 e. The van der Waals surface area contributed by atoms with Crippen LogP contribution in [0.15, 0.2) is 182 Å². The van der Waals surface area contributed by atoms with Gasteiger partial charge in [-0.2, -0.15) is 0 Å². The maximum atomic E-state index is 12.9. The van der Waals surface area contributed by atoms with E-state index in [0.717, 1.165) is 193 Å². The van der Waals surface area contributed by atoms with E-state index in [1.807, 2.05) is 0 Å². The fourth-order valence-corrected chi connectivity index (χ4v) is 8.52. The van der Waals surface area contributed by atoms with Crippen molar-refractivity contribution >= 4 is 17.9 Å². The van der Waals surface area contributed by atoms with E-state index in [-0.39, 0.29) is 31.1 Å². The van der Waals surface area contributed by atoms with Crippen LogP contribution < -0.4 is 0 Å². The van der Waals surface area contributed by atoms with Crippen molar-refractivity contribution in [3.63, 3.8) is 0 Å². The number of carbonyl (C=O) groups excluding carboxylic acids is 3. The van der Waals surface area contributed by atoms with Gasteiger partial charge >= 0.3 is 17.9 Å². The van der Waals surface area contributed by atoms with Crippen LogP contribution in [0.3, 0.4) is 0 Å². The highest BCUT2D eigenvalue weighted by molar-refractivity contribution is 5.71. The Kier molecular flexibility index (Phi) is 64.4. The minimum absolute atomic E-state index is 0.107. The lowest BCUT2D eigenvalue weighted by Crippen LogP contribution is -2.30. The first-order chi connectivity index (χ1) is 41.0. The molecule has 6 nitrogen and oxygen atoms in total. The van der Waals surface area contributed by atoms with Crippen LogP contribution in [0.2, 0.25) is 0 Å². The fraction of sp³-hybridized carbons (Fsp3) is 0.571. The summed E-state index contributed by atoms with van der Waals surface area (Å²) < 4.78 is 16.9. The van der Waals surface area contributed by atoms with Crippen molar-refractivity contribution in [3.8, 4) is 0 Å². The van der Waals surface area contributed by atoms with E-state index in [0.29, 0.717) is 19.3 Å². The number of unbranched alkanes of at least 4 members (excludes halogenated alkanes) is 17. The van der Waals surface area contributed by atoms with Gasteiger partial charge in [0.15, 0.2) is 6.10 Å². The van der Waals surface area contributed by atoms with Crippen LogP contribution in [0.4, 0.5) is 0 Å².